The van der Waals surface area contributed by atoms with Crippen LogP contribution in [0.2, 0.25) is 0 Å². The summed E-state index contributed by atoms with van der Waals surface area (Å²) in [5, 5.41) is 5.73. The highest BCUT2D eigenvalue weighted by atomic mass is 16.5. The molecule has 2 rings (SSSR count). The molecule has 1 fully saturated rings. The zero-order valence-corrected chi connectivity index (χ0v) is 22.0. The Labute approximate surface area is 208 Å². The van der Waals surface area contributed by atoms with E-state index >= 15 is 0 Å². The van der Waals surface area contributed by atoms with Crippen molar-refractivity contribution < 1.29 is 28.6 Å². The predicted octanol–water partition coefficient (Wildman–Crippen LogP) is 1.38. The fourth-order valence-corrected chi connectivity index (χ4v) is 4.36. The number of ether oxygens (including phenoxy) is 3. The number of nitrogens with zero attached hydrogens (tertiary/aromatic N) is 2. The monoisotopic (exact) mass is 492 g/mol. The van der Waals surface area contributed by atoms with Gasteiger partial charge >= 0.3 is 0 Å². The Morgan fingerprint density at radius 3 is 2.06 bits per heavy atom. The van der Waals surface area contributed by atoms with Crippen LogP contribution in [0.5, 0.6) is 17.2 Å². The number of amides is 3. The molecule has 0 spiro atoms. The van der Waals surface area contributed by atoms with E-state index in [2.05, 4.69) is 29.4 Å². The van der Waals surface area contributed by atoms with Crippen molar-refractivity contribution in [1.29, 1.82) is 0 Å². The molecule has 0 atom stereocenters. The lowest BCUT2D eigenvalue weighted by atomic mass is 9.91. The minimum Gasteiger partial charge on any atom is -0.493 e. The summed E-state index contributed by atoms with van der Waals surface area (Å²) in [4.78, 5) is 41.7. The summed E-state index contributed by atoms with van der Waals surface area (Å²) in [7, 11) is 8.46. The van der Waals surface area contributed by atoms with Crippen LogP contribution in [0.25, 0.3) is 0 Å². The van der Waals surface area contributed by atoms with E-state index in [1.54, 1.807) is 4.90 Å². The van der Waals surface area contributed by atoms with Crippen LogP contribution in [-0.2, 0) is 9.59 Å². The predicted molar refractivity (Wildman–Crippen MR) is 133 cm³/mol. The van der Waals surface area contributed by atoms with E-state index in [-0.39, 0.29) is 29.7 Å². The number of likely N-dealkylation sites (tertiary alicyclic amines) is 1. The first-order valence-electron chi connectivity index (χ1n) is 11.8. The Bertz CT molecular complexity index is 869. The minimum atomic E-state index is -0.424. The summed E-state index contributed by atoms with van der Waals surface area (Å²) in [5.41, 5.74) is 0.270. The molecule has 1 aliphatic heterocycles. The lowest BCUT2D eigenvalue weighted by Crippen LogP contribution is -2.47. The number of piperidine rings is 1. The molecule has 3 amide bonds. The second-order valence-corrected chi connectivity index (χ2v) is 9.87. The fraction of sp³-hybridized carbons (Fsp3) is 0.640. The molecule has 1 heterocycles. The van der Waals surface area contributed by atoms with Crippen molar-refractivity contribution in [3.63, 3.8) is 0 Å². The molecule has 35 heavy (non-hydrogen) atoms. The normalized spacial score (nSPS) is 14.5. The van der Waals surface area contributed by atoms with Crippen LogP contribution in [0.4, 0.5) is 0 Å². The highest BCUT2D eigenvalue weighted by molar-refractivity contribution is 5.97. The molecule has 1 aliphatic rings. The van der Waals surface area contributed by atoms with Crippen molar-refractivity contribution in [3.05, 3.63) is 17.7 Å². The third-order valence-corrected chi connectivity index (χ3v) is 6.03. The average molecular weight is 493 g/mol. The minimum absolute atomic E-state index is 0.0219. The molecule has 0 aliphatic carbocycles. The van der Waals surface area contributed by atoms with Crippen molar-refractivity contribution in [2.24, 2.45) is 11.3 Å². The average Bonchev–Trinajstić information content (AvgIpc) is 2.83. The molecule has 0 radical (unpaired) electrons. The fourth-order valence-electron chi connectivity index (χ4n) is 4.36. The van der Waals surface area contributed by atoms with Crippen LogP contribution in [0.3, 0.4) is 0 Å². The van der Waals surface area contributed by atoms with Gasteiger partial charge in [-0.2, -0.15) is 0 Å². The first-order chi connectivity index (χ1) is 16.5. The molecule has 0 aromatic heterocycles. The number of carbonyl (C=O) groups is 3. The van der Waals surface area contributed by atoms with E-state index in [9.17, 15) is 14.4 Å². The van der Waals surface area contributed by atoms with Crippen LogP contribution >= 0.6 is 0 Å². The van der Waals surface area contributed by atoms with Gasteiger partial charge in [0, 0.05) is 37.7 Å². The van der Waals surface area contributed by atoms with Gasteiger partial charge in [-0.3, -0.25) is 14.4 Å². The zero-order valence-electron chi connectivity index (χ0n) is 22.0. The molecule has 10 nitrogen and oxygen atoms in total. The van der Waals surface area contributed by atoms with E-state index < -0.39 is 5.91 Å². The highest BCUT2D eigenvalue weighted by Crippen LogP contribution is 2.38. The molecule has 1 saturated heterocycles. The van der Waals surface area contributed by atoms with Crippen LogP contribution in [-0.4, -0.2) is 95.7 Å². The Morgan fingerprint density at radius 2 is 1.57 bits per heavy atom. The summed E-state index contributed by atoms with van der Waals surface area (Å²) in [5.74, 6) is 0.421. The molecule has 0 saturated carbocycles. The van der Waals surface area contributed by atoms with Gasteiger partial charge in [0.25, 0.3) is 5.91 Å². The summed E-state index contributed by atoms with van der Waals surface area (Å²) >= 11 is 0. The number of hydrogen-bond acceptors (Lipinski definition) is 7. The summed E-state index contributed by atoms with van der Waals surface area (Å²) in [6, 6.07) is 3.07. The number of benzene rings is 1. The van der Waals surface area contributed by atoms with Gasteiger partial charge in [-0.1, -0.05) is 13.8 Å². The maximum Gasteiger partial charge on any atom is 0.251 e. The van der Waals surface area contributed by atoms with Crippen LogP contribution in [0, 0.1) is 11.3 Å². The summed E-state index contributed by atoms with van der Waals surface area (Å²) in [6.07, 6.45) is 1.21. The number of hydrogen-bond donors (Lipinski definition) is 2. The van der Waals surface area contributed by atoms with E-state index in [1.165, 1.54) is 33.5 Å². The first kappa shape index (κ1) is 28.2. The largest absolute Gasteiger partial charge is 0.493 e. The molecule has 196 valence electrons. The number of rotatable bonds is 11. The molecule has 1 aromatic rings. The highest BCUT2D eigenvalue weighted by Gasteiger charge is 2.29. The maximum atomic E-state index is 12.7. The van der Waals surface area contributed by atoms with Crippen molar-refractivity contribution in [2.75, 3.05) is 68.1 Å². The number of carbonyl (C=O) groups excluding carboxylic acids is 3. The van der Waals surface area contributed by atoms with Crippen molar-refractivity contribution in [2.45, 2.75) is 26.7 Å². The second-order valence-electron chi connectivity index (χ2n) is 9.87. The Kier molecular flexibility index (Phi) is 10.2. The van der Waals surface area contributed by atoms with Gasteiger partial charge in [0.15, 0.2) is 11.5 Å². The first-order valence-corrected chi connectivity index (χ1v) is 11.8. The zero-order chi connectivity index (χ0) is 26.2. The van der Waals surface area contributed by atoms with Crippen LogP contribution < -0.4 is 24.8 Å². The third-order valence-electron chi connectivity index (χ3n) is 6.03. The van der Waals surface area contributed by atoms with Gasteiger partial charge in [0.05, 0.1) is 27.9 Å². The lowest BCUT2D eigenvalue weighted by molar-refractivity contribution is -0.134. The number of methoxy groups -OCH3 is 3. The van der Waals surface area contributed by atoms with Crippen molar-refractivity contribution in [3.8, 4) is 17.2 Å². The lowest BCUT2D eigenvalue weighted by Gasteiger charge is -2.33. The molecule has 2 N–H and O–H groups in total. The van der Waals surface area contributed by atoms with Gasteiger partial charge < -0.3 is 34.6 Å². The van der Waals surface area contributed by atoms with Gasteiger partial charge in [0.1, 0.15) is 0 Å². The molecular formula is C25H40N4O6. The van der Waals surface area contributed by atoms with Crippen LogP contribution in [0.1, 0.15) is 37.0 Å². The van der Waals surface area contributed by atoms with Gasteiger partial charge in [-0.05, 0) is 44.5 Å². The topological polar surface area (TPSA) is 109 Å². The Morgan fingerprint density at radius 1 is 1.00 bits per heavy atom. The summed E-state index contributed by atoms with van der Waals surface area (Å²) < 4.78 is 15.8. The van der Waals surface area contributed by atoms with Gasteiger partial charge in [0.2, 0.25) is 17.6 Å². The van der Waals surface area contributed by atoms with Gasteiger partial charge in [-0.25, -0.2) is 0 Å². The standard InChI is InChI=1S/C25H40N4O6/c1-25(2,16-28(3)4)15-27-23(31)17-8-10-29(11-9-17)21(30)14-26-24(32)18-12-19(33-5)22(35-7)20(13-18)34-6/h12-13,17H,8-11,14-16H2,1-7H3,(H,26,32)(H,27,31). The van der Waals surface area contributed by atoms with Crippen molar-refractivity contribution >= 4 is 17.7 Å². The quantitative estimate of drug-likeness (QED) is 0.480. The number of nitrogens with one attached hydrogen (secondary N) is 2. The second kappa shape index (κ2) is 12.6. The third kappa shape index (κ3) is 8.02. The molecule has 10 heteroatoms. The molecule has 1 aromatic carbocycles. The van der Waals surface area contributed by atoms with Gasteiger partial charge in [-0.15, -0.1) is 0 Å². The smallest absolute Gasteiger partial charge is 0.251 e. The maximum absolute atomic E-state index is 12.7. The van der Waals surface area contributed by atoms with E-state index in [0.717, 1.165) is 6.54 Å². The Hall–Kier alpha value is -3.01. The molecular weight excluding hydrogens is 452 g/mol. The van der Waals surface area contributed by atoms with E-state index in [1.807, 2.05) is 14.1 Å². The SMILES string of the molecule is COc1cc(C(=O)NCC(=O)N2CCC(C(=O)NCC(C)(C)CN(C)C)CC2)cc(OC)c1OC. The van der Waals surface area contributed by atoms with Crippen molar-refractivity contribution in [1.82, 2.24) is 20.4 Å². The molecule has 0 unspecified atom stereocenters. The molecule has 0 bridgehead atoms. The Balaban J connectivity index is 1.84. The van der Waals surface area contributed by atoms with E-state index in [0.29, 0.717) is 55.3 Å². The van der Waals surface area contributed by atoms with Crippen LogP contribution in [0.15, 0.2) is 12.1 Å². The summed E-state index contributed by atoms with van der Waals surface area (Å²) in [6.45, 7) is 6.57. The van der Waals surface area contributed by atoms with E-state index in [4.69, 9.17) is 14.2 Å².